The van der Waals surface area contributed by atoms with Gasteiger partial charge >= 0.3 is 26.4 Å². The molecular formula is C10H19N6O5S2+. The maximum absolute atomic E-state index is 12.3. The minimum Gasteiger partial charge on any atom is -0.275 e. The molecule has 2 amide bonds. The van der Waals surface area contributed by atoms with Crippen molar-refractivity contribution in [2.75, 3.05) is 26.5 Å². The van der Waals surface area contributed by atoms with Crippen LogP contribution in [0.15, 0.2) is 6.07 Å². The van der Waals surface area contributed by atoms with Gasteiger partial charge in [-0.05, 0) is 19.9 Å². The average molecular weight is 367 g/mol. The van der Waals surface area contributed by atoms with E-state index in [-0.39, 0.29) is 10.3 Å². The molecule has 1 aromatic heterocycles. The minimum absolute atomic E-state index is 0.101. The minimum atomic E-state index is -4.65. The Balaban J connectivity index is 3.14. The van der Waals surface area contributed by atoms with Crippen molar-refractivity contribution in [2.45, 2.75) is 13.8 Å². The van der Waals surface area contributed by atoms with Gasteiger partial charge in [0.2, 0.25) is 5.95 Å². The summed E-state index contributed by atoms with van der Waals surface area (Å²) in [4.78, 5) is 19.9. The fraction of sp³-hybridized carbons (Fsp3) is 0.500. The summed E-state index contributed by atoms with van der Waals surface area (Å²) in [5.41, 5.74) is 1.14. The molecule has 3 N–H and O–H groups in total. The van der Waals surface area contributed by atoms with E-state index in [4.69, 9.17) is 5.14 Å². The molecule has 0 radical (unpaired) electrons. The Hall–Kier alpha value is -1.83. The van der Waals surface area contributed by atoms with E-state index >= 15 is 0 Å². The molecule has 1 heterocycles. The number of anilines is 1. The quantitative estimate of drug-likeness (QED) is 0.653. The maximum Gasteiger partial charge on any atom is 0.415 e. The van der Waals surface area contributed by atoms with Crippen LogP contribution in [0.25, 0.3) is 0 Å². The van der Waals surface area contributed by atoms with Crippen molar-refractivity contribution in [3.05, 3.63) is 17.5 Å². The Kier molecular flexibility index (Phi) is 5.01. The second kappa shape index (κ2) is 5.99. The average Bonchev–Trinajstić information content (AvgIpc) is 2.34. The summed E-state index contributed by atoms with van der Waals surface area (Å²) >= 11 is 0. The lowest BCUT2D eigenvalue weighted by Crippen LogP contribution is -2.59. The summed E-state index contributed by atoms with van der Waals surface area (Å²) in [5.74, 6) is -0.101. The van der Waals surface area contributed by atoms with E-state index in [0.717, 1.165) is 21.1 Å². The zero-order valence-corrected chi connectivity index (χ0v) is 14.9. The van der Waals surface area contributed by atoms with Crippen molar-refractivity contribution in [1.82, 2.24) is 14.3 Å². The first-order valence-electron chi connectivity index (χ1n) is 6.19. The molecule has 130 valence electrons. The molecule has 0 atom stereocenters. The van der Waals surface area contributed by atoms with E-state index < -0.39 is 29.7 Å². The summed E-state index contributed by atoms with van der Waals surface area (Å²) < 4.78 is 46.1. The number of urea groups is 1. The molecule has 0 spiro atoms. The van der Waals surface area contributed by atoms with E-state index in [1.807, 2.05) is 0 Å². The van der Waals surface area contributed by atoms with Crippen LogP contribution in [0.2, 0.25) is 0 Å². The highest BCUT2D eigenvalue weighted by Crippen LogP contribution is 2.17. The Morgan fingerprint density at radius 2 is 1.61 bits per heavy atom. The van der Waals surface area contributed by atoms with Crippen LogP contribution in [0.5, 0.6) is 0 Å². The van der Waals surface area contributed by atoms with Gasteiger partial charge in [0.05, 0.1) is 0 Å². The number of hydrogen-bond donors (Lipinski definition) is 2. The zero-order chi connectivity index (χ0) is 18.2. The first-order chi connectivity index (χ1) is 10.2. The maximum atomic E-state index is 12.3. The number of hydrogen-bond acceptors (Lipinski definition) is 7. The van der Waals surface area contributed by atoms with Crippen molar-refractivity contribution in [1.29, 1.82) is 0 Å². The van der Waals surface area contributed by atoms with Crippen LogP contribution in [0.3, 0.4) is 0 Å². The summed E-state index contributed by atoms with van der Waals surface area (Å²) in [6.45, 7) is 3.34. The highest BCUT2D eigenvalue weighted by atomic mass is 32.3. The van der Waals surface area contributed by atoms with Crippen LogP contribution in [0.1, 0.15) is 11.4 Å². The smallest absolute Gasteiger partial charge is 0.275 e. The predicted octanol–water partition coefficient (Wildman–Crippen LogP) is -0.918. The molecule has 0 aliphatic carbocycles. The molecule has 11 nitrogen and oxygen atoms in total. The summed E-state index contributed by atoms with van der Waals surface area (Å²) in [5, 5.41) is 7.10. The Morgan fingerprint density at radius 3 is 2.00 bits per heavy atom. The van der Waals surface area contributed by atoms with Crippen LogP contribution >= 0.6 is 0 Å². The van der Waals surface area contributed by atoms with Crippen LogP contribution in [0.4, 0.5) is 10.7 Å². The van der Waals surface area contributed by atoms with Gasteiger partial charge in [-0.3, -0.25) is 5.32 Å². The highest BCUT2D eigenvalue weighted by molar-refractivity contribution is 7.96. The molecule has 1 rings (SSSR count). The van der Waals surface area contributed by atoms with Crippen molar-refractivity contribution in [3.63, 3.8) is 0 Å². The van der Waals surface area contributed by atoms with Crippen molar-refractivity contribution in [3.8, 4) is 0 Å². The van der Waals surface area contributed by atoms with Gasteiger partial charge in [0.1, 0.15) is 14.1 Å². The molecule has 13 heteroatoms. The first kappa shape index (κ1) is 19.2. The third-order valence-electron chi connectivity index (χ3n) is 3.00. The number of nitrogens with two attached hydrogens (primary N) is 1. The Labute approximate surface area is 135 Å². The van der Waals surface area contributed by atoms with Gasteiger partial charge in [0.25, 0.3) is 0 Å². The van der Waals surface area contributed by atoms with Gasteiger partial charge in [-0.2, -0.15) is 26.3 Å². The number of carbonyl (C=O) groups excluding carboxylic acids is 1. The van der Waals surface area contributed by atoms with Crippen LogP contribution in [0, 0.1) is 13.8 Å². The fourth-order valence-electron chi connectivity index (χ4n) is 1.49. The predicted molar refractivity (Wildman–Crippen MR) is 82.4 cm³/mol. The first-order valence-corrected chi connectivity index (χ1v) is 9.09. The number of aromatic nitrogens is 2. The number of aryl methyl sites for hydroxylation is 2. The fourth-order valence-corrected chi connectivity index (χ4v) is 3.68. The van der Waals surface area contributed by atoms with Gasteiger partial charge in [-0.1, -0.05) is 3.29 Å². The molecular weight excluding hydrogens is 348 g/mol. The lowest BCUT2D eigenvalue weighted by atomic mass is 10.4. The molecule has 1 aromatic rings. The third-order valence-corrected chi connectivity index (χ3v) is 7.39. The molecule has 0 fully saturated rings. The molecule has 0 saturated carbocycles. The standard InChI is InChI=1S/C10H18N6O5S2/c1-7-6-8(2)13-9(12-7)14-10(17)15(3)23(20,21)16(4,5)22(11,18)19/h6H,1-5H3,(H2-,11,12,13,14,17,18,19)/p+1. The number of quaternary nitrogens is 1. The van der Waals surface area contributed by atoms with E-state index in [1.165, 1.54) is 0 Å². The van der Waals surface area contributed by atoms with Crippen molar-refractivity contribution >= 4 is 32.4 Å². The van der Waals surface area contributed by atoms with Gasteiger partial charge in [-0.15, -0.1) is 0 Å². The van der Waals surface area contributed by atoms with Crippen LogP contribution < -0.4 is 10.5 Å². The lowest BCUT2D eigenvalue weighted by Gasteiger charge is -2.28. The van der Waals surface area contributed by atoms with Gasteiger partial charge in [0.15, 0.2) is 0 Å². The topological polar surface area (TPSA) is 152 Å². The molecule has 0 aliphatic heterocycles. The Morgan fingerprint density at radius 1 is 1.17 bits per heavy atom. The molecule has 23 heavy (non-hydrogen) atoms. The normalized spacial score (nSPS) is 12.8. The van der Waals surface area contributed by atoms with Gasteiger partial charge in [0, 0.05) is 18.4 Å². The summed E-state index contributed by atoms with van der Waals surface area (Å²) in [7, 11) is -6.60. The summed E-state index contributed by atoms with van der Waals surface area (Å²) in [6.07, 6.45) is 0. The molecule has 0 bridgehead atoms. The number of rotatable bonds is 4. The largest absolute Gasteiger partial charge is 0.415 e. The van der Waals surface area contributed by atoms with Crippen molar-refractivity contribution < 1.29 is 24.9 Å². The van der Waals surface area contributed by atoms with E-state index in [2.05, 4.69) is 15.3 Å². The van der Waals surface area contributed by atoms with E-state index in [1.54, 1.807) is 19.9 Å². The van der Waals surface area contributed by atoms with Gasteiger partial charge in [-0.25, -0.2) is 14.8 Å². The number of nitrogens with zero attached hydrogens (tertiary/aromatic N) is 4. The van der Waals surface area contributed by atoms with Gasteiger partial charge < -0.3 is 0 Å². The molecule has 0 saturated heterocycles. The van der Waals surface area contributed by atoms with Crippen LogP contribution in [-0.2, 0) is 20.4 Å². The number of carbonyl (C=O) groups is 1. The molecule has 0 aromatic carbocycles. The second-order valence-electron chi connectivity index (χ2n) is 5.12. The van der Waals surface area contributed by atoms with Crippen molar-refractivity contribution in [2.24, 2.45) is 5.14 Å². The molecule has 0 unspecified atom stereocenters. The van der Waals surface area contributed by atoms with E-state index in [0.29, 0.717) is 11.4 Å². The second-order valence-corrected chi connectivity index (χ2v) is 9.65. The van der Waals surface area contributed by atoms with Crippen LogP contribution in [-0.4, -0.2) is 61.6 Å². The third kappa shape index (κ3) is 3.74. The SMILES string of the molecule is Cc1cc(C)nc(NC(=O)N(C)S(=O)(=O)[N+](C)(C)S(N)(=O)=O)n1. The summed E-state index contributed by atoms with van der Waals surface area (Å²) in [6, 6.07) is 0.543. The molecule has 0 aliphatic rings. The number of amides is 2. The number of nitrogens with one attached hydrogen (secondary N) is 1. The lowest BCUT2D eigenvalue weighted by molar-refractivity contribution is -0.623. The highest BCUT2D eigenvalue weighted by Gasteiger charge is 2.48. The monoisotopic (exact) mass is 367 g/mol. The zero-order valence-electron chi connectivity index (χ0n) is 13.3. The van der Waals surface area contributed by atoms with E-state index in [9.17, 15) is 21.6 Å². The Bertz CT molecular complexity index is 813.